The van der Waals surface area contributed by atoms with Crippen LogP contribution in [-0.2, 0) is 0 Å². The van der Waals surface area contributed by atoms with Gasteiger partial charge < -0.3 is 9.52 Å². The number of benzene rings is 1. The van der Waals surface area contributed by atoms with Crippen LogP contribution >= 0.6 is 11.8 Å². The molecular weight excluding hydrogens is 288 g/mol. The van der Waals surface area contributed by atoms with Gasteiger partial charge in [0, 0.05) is 5.39 Å². The van der Waals surface area contributed by atoms with Gasteiger partial charge in [-0.05, 0) is 37.1 Å². The summed E-state index contributed by atoms with van der Waals surface area (Å²) in [5.41, 5.74) is 0.826. The Morgan fingerprint density at radius 3 is 2.67 bits per heavy atom. The van der Waals surface area contributed by atoms with Gasteiger partial charge in [-0.1, -0.05) is 24.3 Å². The van der Waals surface area contributed by atoms with E-state index in [0.717, 1.165) is 22.2 Å². The van der Waals surface area contributed by atoms with E-state index in [-0.39, 0.29) is 5.69 Å². The van der Waals surface area contributed by atoms with Crippen LogP contribution in [0.1, 0.15) is 21.9 Å². The Morgan fingerprint density at radius 2 is 2.00 bits per heavy atom. The molecule has 21 heavy (non-hydrogen) atoms. The molecule has 0 amide bonds. The van der Waals surface area contributed by atoms with Crippen LogP contribution in [-0.4, -0.2) is 21.0 Å². The van der Waals surface area contributed by atoms with Crippen LogP contribution in [0.5, 0.6) is 0 Å². The Kier molecular flexibility index (Phi) is 3.39. The highest BCUT2D eigenvalue weighted by molar-refractivity contribution is 7.99. The monoisotopic (exact) mass is 300 g/mol. The second kappa shape index (κ2) is 5.21. The first-order valence-electron chi connectivity index (χ1n) is 6.29. The molecule has 0 aliphatic rings. The molecule has 0 spiro atoms. The molecule has 3 rings (SSSR count). The summed E-state index contributed by atoms with van der Waals surface area (Å²) < 4.78 is 5.53. The van der Waals surface area contributed by atoms with Gasteiger partial charge in [-0.15, -0.1) is 0 Å². The Labute approximate surface area is 125 Å². The number of hydrogen-bond acceptors (Lipinski definition) is 5. The number of carbonyl (C=O) groups is 1. The standard InChI is InChI=1S/C15H12N2O3S/c1-8-9(2)20-15(16-8)21-13-11-6-4-3-5-10(11)7-12(17-13)14(18)19/h3-7H,1-2H3,(H,18,19). The van der Waals surface area contributed by atoms with Crippen molar-refractivity contribution in [1.29, 1.82) is 0 Å². The minimum atomic E-state index is -1.05. The number of hydrogen-bond donors (Lipinski definition) is 1. The first kappa shape index (κ1) is 13.6. The van der Waals surface area contributed by atoms with Crippen molar-refractivity contribution in [3.05, 3.63) is 47.5 Å². The summed E-state index contributed by atoms with van der Waals surface area (Å²) in [6.45, 7) is 3.70. The summed E-state index contributed by atoms with van der Waals surface area (Å²) in [4.78, 5) is 19.7. The van der Waals surface area contributed by atoms with Gasteiger partial charge in [-0.25, -0.2) is 14.8 Å². The molecule has 0 saturated heterocycles. The van der Waals surface area contributed by atoms with Gasteiger partial charge in [0.25, 0.3) is 5.22 Å². The summed E-state index contributed by atoms with van der Waals surface area (Å²) in [5, 5.41) is 11.9. The molecule has 0 saturated carbocycles. The van der Waals surface area contributed by atoms with E-state index in [1.807, 2.05) is 38.1 Å². The van der Waals surface area contributed by atoms with E-state index < -0.39 is 5.97 Å². The van der Waals surface area contributed by atoms with Crippen molar-refractivity contribution in [2.45, 2.75) is 24.1 Å². The van der Waals surface area contributed by atoms with Gasteiger partial charge in [0.1, 0.15) is 16.5 Å². The second-order valence-electron chi connectivity index (χ2n) is 4.56. The molecule has 0 aliphatic heterocycles. The number of fused-ring (bicyclic) bond motifs is 1. The normalized spacial score (nSPS) is 11.0. The van der Waals surface area contributed by atoms with Gasteiger partial charge in [-0.3, -0.25) is 0 Å². The molecular formula is C15H12N2O3S. The highest BCUT2D eigenvalue weighted by Crippen LogP contribution is 2.32. The molecule has 1 aromatic carbocycles. The van der Waals surface area contributed by atoms with E-state index in [1.165, 1.54) is 11.8 Å². The van der Waals surface area contributed by atoms with E-state index in [4.69, 9.17) is 4.42 Å². The van der Waals surface area contributed by atoms with E-state index in [0.29, 0.717) is 10.2 Å². The van der Waals surface area contributed by atoms with Crippen LogP contribution in [0.25, 0.3) is 10.8 Å². The van der Waals surface area contributed by atoms with Crippen molar-refractivity contribution < 1.29 is 14.3 Å². The molecule has 5 nitrogen and oxygen atoms in total. The van der Waals surface area contributed by atoms with Crippen LogP contribution in [0, 0.1) is 13.8 Å². The Balaban J connectivity index is 2.13. The van der Waals surface area contributed by atoms with Gasteiger partial charge in [-0.2, -0.15) is 0 Å². The lowest BCUT2D eigenvalue weighted by molar-refractivity contribution is 0.0690. The molecule has 1 N–H and O–H groups in total. The number of oxazole rings is 1. The number of aromatic carboxylic acids is 1. The maximum Gasteiger partial charge on any atom is 0.354 e. The minimum absolute atomic E-state index is 0.0104. The van der Waals surface area contributed by atoms with Crippen LogP contribution in [0.4, 0.5) is 0 Å². The molecule has 3 aromatic rings. The fraction of sp³-hybridized carbons (Fsp3) is 0.133. The number of aryl methyl sites for hydroxylation is 2. The molecule has 2 aromatic heterocycles. The highest BCUT2D eigenvalue weighted by Gasteiger charge is 2.15. The number of carboxylic acids is 1. The van der Waals surface area contributed by atoms with Crippen LogP contribution in [0.2, 0.25) is 0 Å². The Morgan fingerprint density at radius 1 is 1.24 bits per heavy atom. The number of nitrogens with zero attached hydrogens (tertiary/aromatic N) is 2. The summed E-state index contributed by atoms with van der Waals surface area (Å²) >= 11 is 1.23. The van der Waals surface area contributed by atoms with Crippen LogP contribution in [0.15, 0.2) is 45.0 Å². The molecule has 0 atom stereocenters. The predicted octanol–water partition coefficient (Wildman–Crippen LogP) is 3.69. The van der Waals surface area contributed by atoms with E-state index in [1.54, 1.807) is 6.07 Å². The fourth-order valence-corrected chi connectivity index (χ4v) is 2.88. The largest absolute Gasteiger partial charge is 0.477 e. The van der Waals surface area contributed by atoms with Gasteiger partial charge in [0.05, 0.1) is 5.69 Å². The fourth-order valence-electron chi connectivity index (χ4n) is 1.92. The van der Waals surface area contributed by atoms with Gasteiger partial charge >= 0.3 is 5.97 Å². The summed E-state index contributed by atoms with van der Waals surface area (Å²) in [7, 11) is 0. The van der Waals surface area contributed by atoms with Crippen molar-refractivity contribution in [3.8, 4) is 0 Å². The lowest BCUT2D eigenvalue weighted by atomic mass is 10.1. The molecule has 0 radical (unpaired) electrons. The van der Waals surface area contributed by atoms with Crippen molar-refractivity contribution in [2.75, 3.05) is 0 Å². The molecule has 0 aliphatic carbocycles. The molecule has 0 fully saturated rings. The average Bonchev–Trinajstić information content (AvgIpc) is 2.77. The third-order valence-corrected chi connectivity index (χ3v) is 3.97. The first-order valence-corrected chi connectivity index (χ1v) is 7.11. The third kappa shape index (κ3) is 2.62. The number of rotatable bonds is 3. The maximum atomic E-state index is 11.2. The zero-order valence-electron chi connectivity index (χ0n) is 11.5. The highest BCUT2D eigenvalue weighted by atomic mass is 32.2. The van der Waals surface area contributed by atoms with E-state index in [2.05, 4.69) is 9.97 Å². The number of pyridine rings is 1. The molecule has 106 valence electrons. The zero-order valence-corrected chi connectivity index (χ0v) is 12.3. The molecule has 0 unspecified atom stereocenters. The summed E-state index contributed by atoms with van der Waals surface area (Å²) in [5.74, 6) is -0.307. The minimum Gasteiger partial charge on any atom is -0.477 e. The van der Waals surface area contributed by atoms with E-state index in [9.17, 15) is 9.90 Å². The number of carboxylic acid groups (broad SMARTS) is 1. The molecule has 6 heteroatoms. The smallest absolute Gasteiger partial charge is 0.354 e. The first-order chi connectivity index (χ1) is 10.0. The van der Waals surface area contributed by atoms with Crippen molar-refractivity contribution in [3.63, 3.8) is 0 Å². The molecule has 0 bridgehead atoms. The summed E-state index contributed by atoms with van der Waals surface area (Å²) in [6.07, 6.45) is 0. The van der Waals surface area contributed by atoms with Gasteiger partial charge in [0.2, 0.25) is 0 Å². The Hall–Kier alpha value is -2.34. The lowest BCUT2D eigenvalue weighted by Crippen LogP contribution is -2.01. The zero-order chi connectivity index (χ0) is 15.0. The summed E-state index contributed by atoms with van der Waals surface area (Å²) in [6, 6.07) is 9.08. The topological polar surface area (TPSA) is 76.2 Å². The second-order valence-corrected chi connectivity index (χ2v) is 5.50. The van der Waals surface area contributed by atoms with E-state index >= 15 is 0 Å². The van der Waals surface area contributed by atoms with Gasteiger partial charge in [0.15, 0.2) is 0 Å². The van der Waals surface area contributed by atoms with Crippen molar-refractivity contribution in [1.82, 2.24) is 9.97 Å². The van der Waals surface area contributed by atoms with Crippen molar-refractivity contribution in [2.24, 2.45) is 0 Å². The maximum absolute atomic E-state index is 11.2. The predicted molar refractivity (Wildman–Crippen MR) is 78.8 cm³/mol. The van der Waals surface area contributed by atoms with Crippen LogP contribution in [0.3, 0.4) is 0 Å². The molecule has 2 heterocycles. The number of aromatic nitrogens is 2. The van der Waals surface area contributed by atoms with Crippen molar-refractivity contribution >= 4 is 28.5 Å². The average molecular weight is 300 g/mol. The SMILES string of the molecule is Cc1nc(Sc2nc(C(=O)O)cc3ccccc23)oc1C. The quantitative estimate of drug-likeness (QED) is 0.795. The Bertz CT molecular complexity index is 823. The lowest BCUT2D eigenvalue weighted by Gasteiger charge is -2.05. The third-order valence-electron chi connectivity index (χ3n) is 3.12. The van der Waals surface area contributed by atoms with Crippen LogP contribution < -0.4 is 0 Å².